The van der Waals surface area contributed by atoms with E-state index in [0.717, 1.165) is 44.2 Å². The smallest absolute Gasteiger partial charge is 0.252 e. The number of hydrogen-bond donors (Lipinski definition) is 0. The van der Waals surface area contributed by atoms with Gasteiger partial charge in [0.2, 0.25) is 0 Å². The highest BCUT2D eigenvalue weighted by molar-refractivity contribution is 7.26. The van der Waals surface area contributed by atoms with Crippen LogP contribution >= 0.6 is 11.3 Å². The third-order valence-corrected chi connectivity index (χ3v) is 7.27. The summed E-state index contributed by atoms with van der Waals surface area (Å²) in [4.78, 5) is 13.3. The van der Waals surface area contributed by atoms with E-state index in [9.17, 15) is 0 Å². The second kappa shape index (κ2) is 7.64. The van der Waals surface area contributed by atoms with Crippen molar-refractivity contribution in [1.82, 2.24) is 9.97 Å². The maximum atomic E-state index is 7.78. The molecule has 164 valence electrons. The molecule has 0 fully saturated rings. The summed E-state index contributed by atoms with van der Waals surface area (Å²) in [6, 6.07) is 19.4. The van der Waals surface area contributed by atoms with Crippen molar-refractivity contribution < 1.29 is 0 Å². The van der Waals surface area contributed by atoms with Gasteiger partial charge in [0, 0.05) is 35.1 Å². The lowest BCUT2D eigenvalue weighted by Crippen LogP contribution is -2.12. The molecule has 0 bridgehead atoms. The Morgan fingerprint density at radius 3 is 2.45 bits per heavy atom. The Labute approximate surface area is 199 Å². The van der Waals surface area contributed by atoms with Crippen molar-refractivity contribution >= 4 is 42.4 Å². The zero-order chi connectivity index (χ0) is 23.4. The number of nitrogens with zero attached hydrogens (tertiary/aromatic N) is 3. The zero-order valence-corrected chi connectivity index (χ0v) is 20.5. The molecule has 0 aliphatic rings. The third-order valence-electron chi connectivity index (χ3n) is 6.13. The summed E-state index contributed by atoms with van der Waals surface area (Å²) in [5.41, 5.74) is 4.98. The fourth-order valence-electron chi connectivity index (χ4n) is 4.56. The van der Waals surface area contributed by atoms with Crippen LogP contribution in [0.4, 0.5) is 0 Å². The quantitative estimate of drug-likeness (QED) is 0.259. The molecule has 0 saturated heterocycles. The van der Waals surface area contributed by atoms with Crippen LogP contribution in [0.1, 0.15) is 45.7 Å². The summed E-state index contributed by atoms with van der Waals surface area (Å²) in [6.07, 6.45) is 2.71. The second-order valence-electron chi connectivity index (χ2n) is 10.5. The molecule has 0 radical (unpaired) electrons. The standard InChI is InChI=1S/C29H27N3S/c1-28(2,3)16-18-11-12-22-24(13-18)33-27-25(31-17-32-26(22)27)20-14-19-9-7-8-10-21(19)23(15-20)29(4,5)30-6/h7-15,17H,16H2,1-5H3. The van der Waals surface area contributed by atoms with Crippen molar-refractivity contribution in [2.45, 2.75) is 46.6 Å². The van der Waals surface area contributed by atoms with Gasteiger partial charge in [-0.15, -0.1) is 11.3 Å². The van der Waals surface area contributed by atoms with Crippen LogP contribution in [0.5, 0.6) is 0 Å². The Morgan fingerprint density at radius 2 is 1.70 bits per heavy atom. The van der Waals surface area contributed by atoms with E-state index in [0.29, 0.717) is 0 Å². The molecule has 2 aromatic heterocycles. The minimum absolute atomic E-state index is 0.243. The summed E-state index contributed by atoms with van der Waals surface area (Å²) in [5, 5.41) is 3.43. The number of aromatic nitrogens is 2. The van der Waals surface area contributed by atoms with E-state index in [1.54, 1.807) is 17.7 Å². The van der Waals surface area contributed by atoms with E-state index in [-0.39, 0.29) is 5.41 Å². The maximum absolute atomic E-state index is 7.78. The fraction of sp³-hybridized carbons (Fsp3) is 0.276. The van der Waals surface area contributed by atoms with Crippen LogP contribution in [-0.2, 0) is 12.0 Å². The van der Waals surface area contributed by atoms with E-state index in [1.807, 2.05) is 26.0 Å². The lowest BCUT2D eigenvalue weighted by atomic mass is 9.88. The van der Waals surface area contributed by atoms with Gasteiger partial charge in [-0.25, -0.2) is 16.5 Å². The monoisotopic (exact) mass is 449 g/mol. The number of benzene rings is 3. The molecule has 3 nitrogen and oxygen atoms in total. The van der Waals surface area contributed by atoms with Crippen molar-refractivity contribution in [2.24, 2.45) is 5.41 Å². The molecule has 0 N–H and O–H groups in total. The molecule has 0 spiro atoms. The average Bonchev–Trinajstić information content (AvgIpc) is 3.15. The topological polar surface area (TPSA) is 30.1 Å². The lowest BCUT2D eigenvalue weighted by Gasteiger charge is -2.17. The molecule has 4 heteroatoms. The molecular formula is C29H27N3S. The first-order valence-corrected chi connectivity index (χ1v) is 12.1. The third kappa shape index (κ3) is 3.87. The van der Waals surface area contributed by atoms with Crippen LogP contribution in [0.3, 0.4) is 0 Å². The lowest BCUT2D eigenvalue weighted by molar-refractivity contribution is 0.411. The van der Waals surface area contributed by atoms with E-state index in [2.05, 4.69) is 73.1 Å². The van der Waals surface area contributed by atoms with Crippen molar-refractivity contribution in [1.29, 1.82) is 0 Å². The van der Waals surface area contributed by atoms with Crippen LogP contribution in [0, 0.1) is 12.0 Å². The molecule has 2 heterocycles. The minimum Gasteiger partial charge on any atom is -0.306 e. The van der Waals surface area contributed by atoms with Crippen molar-refractivity contribution in [3.63, 3.8) is 0 Å². The highest BCUT2D eigenvalue weighted by Gasteiger charge is 2.29. The molecule has 3 aromatic carbocycles. The number of rotatable bonds is 3. The molecule has 0 amide bonds. The summed E-state index contributed by atoms with van der Waals surface area (Å²) >= 11 is 1.76. The van der Waals surface area contributed by atoms with E-state index < -0.39 is 5.54 Å². The van der Waals surface area contributed by atoms with Gasteiger partial charge in [0.15, 0.2) is 0 Å². The van der Waals surface area contributed by atoms with Crippen LogP contribution in [0.25, 0.3) is 47.2 Å². The first-order chi connectivity index (χ1) is 15.7. The molecule has 33 heavy (non-hydrogen) atoms. The SMILES string of the molecule is [C-]#[N+]C(C)(C)c1cc(-c2ncnc3c2sc2cc(CC(C)(C)C)ccc23)cc2ccccc12. The van der Waals surface area contributed by atoms with E-state index in [4.69, 9.17) is 11.6 Å². The van der Waals surface area contributed by atoms with Crippen LogP contribution in [0.2, 0.25) is 0 Å². The molecular weight excluding hydrogens is 422 g/mol. The highest BCUT2D eigenvalue weighted by Crippen LogP contribution is 2.41. The number of thiophene rings is 1. The van der Waals surface area contributed by atoms with Gasteiger partial charge in [0.25, 0.3) is 5.54 Å². The molecule has 0 unspecified atom stereocenters. The first-order valence-electron chi connectivity index (χ1n) is 11.2. The van der Waals surface area contributed by atoms with Gasteiger partial charge in [0.1, 0.15) is 6.33 Å². The van der Waals surface area contributed by atoms with Crippen LogP contribution < -0.4 is 0 Å². The van der Waals surface area contributed by atoms with Gasteiger partial charge in [0.05, 0.1) is 15.9 Å². The summed E-state index contributed by atoms with van der Waals surface area (Å²) in [5.74, 6) is 0. The molecule has 0 aliphatic carbocycles. The second-order valence-corrected chi connectivity index (χ2v) is 11.5. The normalized spacial score (nSPS) is 12.5. The minimum atomic E-state index is -0.621. The zero-order valence-electron chi connectivity index (χ0n) is 19.7. The molecule has 5 aromatic rings. The maximum Gasteiger partial charge on any atom is 0.252 e. The summed E-state index contributed by atoms with van der Waals surface area (Å²) in [6.45, 7) is 18.6. The van der Waals surface area contributed by atoms with Gasteiger partial charge < -0.3 is 4.85 Å². The van der Waals surface area contributed by atoms with Gasteiger partial charge >= 0.3 is 0 Å². The predicted octanol–water partition coefficient (Wildman–Crippen LogP) is 8.41. The van der Waals surface area contributed by atoms with Gasteiger partial charge in [-0.3, -0.25) is 0 Å². The molecule has 5 rings (SSSR count). The van der Waals surface area contributed by atoms with Crippen molar-refractivity contribution in [3.05, 3.63) is 83.5 Å². The van der Waals surface area contributed by atoms with Crippen molar-refractivity contribution in [2.75, 3.05) is 0 Å². The Balaban J connectivity index is 1.75. The van der Waals surface area contributed by atoms with Gasteiger partial charge in [-0.05, 0) is 46.4 Å². The number of fused-ring (bicyclic) bond motifs is 4. The molecule has 0 atom stereocenters. The Kier molecular flexibility index (Phi) is 4.99. The Morgan fingerprint density at radius 1 is 0.909 bits per heavy atom. The van der Waals surface area contributed by atoms with Crippen molar-refractivity contribution in [3.8, 4) is 11.3 Å². The predicted molar refractivity (Wildman–Crippen MR) is 141 cm³/mol. The Bertz CT molecular complexity index is 1560. The molecule has 0 aliphatic heterocycles. The molecule has 0 saturated carbocycles. The largest absolute Gasteiger partial charge is 0.306 e. The Hall–Kier alpha value is -3.29. The van der Waals surface area contributed by atoms with Crippen LogP contribution in [-0.4, -0.2) is 9.97 Å². The number of hydrogen-bond acceptors (Lipinski definition) is 3. The van der Waals surface area contributed by atoms with E-state index in [1.165, 1.54) is 15.6 Å². The van der Waals surface area contributed by atoms with Gasteiger partial charge in [-0.1, -0.05) is 57.2 Å². The highest BCUT2D eigenvalue weighted by atomic mass is 32.1. The first kappa shape index (κ1) is 21.6. The average molecular weight is 450 g/mol. The summed E-state index contributed by atoms with van der Waals surface area (Å²) in [7, 11) is 0. The van der Waals surface area contributed by atoms with E-state index >= 15 is 0 Å². The van der Waals surface area contributed by atoms with Crippen LogP contribution in [0.15, 0.2) is 60.9 Å². The summed E-state index contributed by atoms with van der Waals surface area (Å²) < 4.78 is 2.35. The fourth-order valence-corrected chi connectivity index (χ4v) is 5.79. The van der Waals surface area contributed by atoms with Gasteiger partial charge in [-0.2, -0.15) is 0 Å².